The second kappa shape index (κ2) is 5.28. The SMILES string of the molecule is N#CC(NCc1ccc(F)cc1)c1ccco1. The van der Waals surface area contributed by atoms with E-state index in [0.717, 1.165) is 5.56 Å². The van der Waals surface area contributed by atoms with Crippen molar-refractivity contribution >= 4 is 0 Å². The lowest BCUT2D eigenvalue weighted by Gasteiger charge is -2.08. The second-order valence-electron chi connectivity index (χ2n) is 3.58. The first kappa shape index (κ1) is 11.4. The molecule has 0 spiro atoms. The maximum atomic E-state index is 12.7. The summed E-state index contributed by atoms with van der Waals surface area (Å²) in [5.41, 5.74) is 0.915. The van der Waals surface area contributed by atoms with Crippen molar-refractivity contribution in [1.82, 2.24) is 5.32 Å². The molecule has 0 aliphatic heterocycles. The van der Waals surface area contributed by atoms with Crippen LogP contribution in [0.1, 0.15) is 17.4 Å². The summed E-state index contributed by atoms with van der Waals surface area (Å²) in [7, 11) is 0. The fourth-order valence-electron chi connectivity index (χ4n) is 1.49. The standard InChI is InChI=1S/C13H11FN2O/c14-11-5-3-10(4-6-11)9-16-12(8-15)13-2-1-7-17-13/h1-7,12,16H,9H2. The first-order valence-corrected chi connectivity index (χ1v) is 5.20. The highest BCUT2D eigenvalue weighted by molar-refractivity contribution is 5.18. The van der Waals surface area contributed by atoms with Gasteiger partial charge < -0.3 is 4.42 Å². The van der Waals surface area contributed by atoms with Gasteiger partial charge in [-0.05, 0) is 29.8 Å². The molecule has 86 valence electrons. The molecule has 2 aromatic rings. The zero-order valence-corrected chi connectivity index (χ0v) is 9.06. The molecule has 17 heavy (non-hydrogen) atoms. The molecular weight excluding hydrogens is 219 g/mol. The van der Waals surface area contributed by atoms with Gasteiger partial charge in [0.25, 0.3) is 0 Å². The van der Waals surface area contributed by atoms with Crippen molar-refractivity contribution in [3.05, 3.63) is 59.8 Å². The first-order valence-electron chi connectivity index (χ1n) is 5.20. The molecule has 1 unspecified atom stereocenters. The molecule has 0 fully saturated rings. The van der Waals surface area contributed by atoms with Gasteiger partial charge in [0.15, 0.2) is 6.04 Å². The van der Waals surface area contributed by atoms with E-state index in [1.54, 1.807) is 24.3 Å². The predicted octanol–water partition coefficient (Wildman–Crippen LogP) is 2.77. The molecule has 4 heteroatoms. The average Bonchev–Trinajstić information content (AvgIpc) is 2.86. The summed E-state index contributed by atoms with van der Waals surface area (Å²) in [5.74, 6) is 0.311. The summed E-state index contributed by atoms with van der Waals surface area (Å²) in [5, 5.41) is 12.0. The Balaban J connectivity index is 1.97. The van der Waals surface area contributed by atoms with Gasteiger partial charge in [-0.15, -0.1) is 0 Å². The third kappa shape index (κ3) is 2.92. The third-order valence-electron chi connectivity index (χ3n) is 2.38. The molecule has 3 nitrogen and oxygen atoms in total. The van der Waals surface area contributed by atoms with E-state index in [4.69, 9.17) is 9.68 Å². The fraction of sp³-hybridized carbons (Fsp3) is 0.154. The van der Waals surface area contributed by atoms with E-state index in [9.17, 15) is 4.39 Å². The van der Waals surface area contributed by atoms with Crippen LogP contribution >= 0.6 is 0 Å². The summed E-state index contributed by atoms with van der Waals surface area (Å²) < 4.78 is 17.8. The van der Waals surface area contributed by atoms with E-state index < -0.39 is 6.04 Å². The highest BCUT2D eigenvalue weighted by Crippen LogP contribution is 2.13. The molecule has 1 N–H and O–H groups in total. The molecule has 1 aromatic carbocycles. The van der Waals surface area contributed by atoms with Crippen molar-refractivity contribution in [3.8, 4) is 6.07 Å². The van der Waals surface area contributed by atoms with Crippen LogP contribution in [0.4, 0.5) is 4.39 Å². The zero-order valence-electron chi connectivity index (χ0n) is 9.06. The Bertz CT molecular complexity index is 499. The number of nitrogens with one attached hydrogen (secondary N) is 1. The van der Waals surface area contributed by atoms with Crippen molar-refractivity contribution in [3.63, 3.8) is 0 Å². The van der Waals surface area contributed by atoms with Crippen LogP contribution in [0.3, 0.4) is 0 Å². The topological polar surface area (TPSA) is 49.0 Å². The molecule has 0 aliphatic rings. The number of halogens is 1. The summed E-state index contributed by atoms with van der Waals surface area (Å²) >= 11 is 0. The van der Waals surface area contributed by atoms with Crippen molar-refractivity contribution in [2.24, 2.45) is 0 Å². The first-order chi connectivity index (χ1) is 8.29. The smallest absolute Gasteiger partial charge is 0.154 e. The Morgan fingerprint density at radius 2 is 2.06 bits per heavy atom. The summed E-state index contributed by atoms with van der Waals surface area (Å²) in [6.07, 6.45) is 1.53. The van der Waals surface area contributed by atoms with Gasteiger partial charge in [-0.1, -0.05) is 12.1 Å². The lowest BCUT2D eigenvalue weighted by Crippen LogP contribution is -2.18. The van der Waals surface area contributed by atoms with Gasteiger partial charge in [0.1, 0.15) is 11.6 Å². The number of hydrogen-bond acceptors (Lipinski definition) is 3. The summed E-state index contributed by atoms with van der Waals surface area (Å²) in [6, 6.07) is 11.2. The van der Waals surface area contributed by atoms with Crippen LogP contribution in [0.2, 0.25) is 0 Å². The Labute approximate surface area is 98.5 Å². The largest absolute Gasteiger partial charge is 0.467 e. The van der Waals surface area contributed by atoms with Crippen LogP contribution in [0.15, 0.2) is 47.1 Å². The fourth-order valence-corrected chi connectivity index (χ4v) is 1.49. The van der Waals surface area contributed by atoms with Gasteiger partial charge in [0.2, 0.25) is 0 Å². The Morgan fingerprint density at radius 3 is 2.65 bits per heavy atom. The third-order valence-corrected chi connectivity index (χ3v) is 2.38. The van der Waals surface area contributed by atoms with E-state index in [1.807, 2.05) is 0 Å². The van der Waals surface area contributed by atoms with Crippen LogP contribution < -0.4 is 5.32 Å². The molecular formula is C13H11FN2O. The van der Waals surface area contributed by atoms with Crippen LogP contribution in [0.5, 0.6) is 0 Å². The monoisotopic (exact) mass is 230 g/mol. The maximum Gasteiger partial charge on any atom is 0.154 e. The lowest BCUT2D eigenvalue weighted by atomic mass is 10.2. The molecule has 0 aliphatic carbocycles. The van der Waals surface area contributed by atoms with Crippen LogP contribution in [0.25, 0.3) is 0 Å². The number of rotatable bonds is 4. The molecule has 0 saturated carbocycles. The minimum absolute atomic E-state index is 0.267. The van der Waals surface area contributed by atoms with Crippen molar-refractivity contribution in [2.45, 2.75) is 12.6 Å². The number of hydrogen-bond donors (Lipinski definition) is 1. The molecule has 1 atom stereocenters. The normalized spacial score (nSPS) is 12.0. The molecule has 0 saturated heterocycles. The number of benzene rings is 1. The van der Waals surface area contributed by atoms with E-state index >= 15 is 0 Å². The molecule has 2 rings (SSSR count). The van der Waals surface area contributed by atoms with Gasteiger partial charge in [0, 0.05) is 6.54 Å². The predicted molar refractivity (Wildman–Crippen MR) is 60.3 cm³/mol. The quantitative estimate of drug-likeness (QED) is 0.878. The Morgan fingerprint density at radius 1 is 1.29 bits per heavy atom. The summed E-state index contributed by atoms with van der Waals surface area (Å²) in [4.78, 5) is 0. The highest BCUT2D eigenvalue weighted by atomic mass is 19.1. The molecule has 0 bridgehead atoms. The highest BCUT2D eigenvalue weighted by Gasteiger charge is 2.12. The van der Waals surface area contributed by atoms with Gasteiger partial charge in [-0.25, -0.2) is 4.39 Å². The number of nitrogens with zero attached hydrogens (tertiary/aromatic N) is 1. The Kier molecular flexibility index (Phi) is 3.53. The zero-order chi connectivity index (χ0) is 12.1. The molecule has 0 radical (unpaired) electrons. The van der Waals surface area contributed by atoms with Gasteiger partial charge in [-0.2, -0.15) is 5.26 Å². The van der Waals surface area contributed by atoms with Gasteiger partial charge in [0.05, 0.1) is 12.3 Å². The van der Waals surface area contributed by atoms with Crippen LogP contribution in [0, 0.1) is 17.1 Å². The Hall–Kier alpha value is -2.12. The van der Waals surface area contributed by atoms with Gasteiger partial charge >= 0.3 is 0 Å². The maximum absolute atomic E-state index is 12.7. The van der Waals surface area contributed by atoms with Crippen LogP contribution in [-0.4, -0.2) is 0 Å². The van der Waals surface area contributed by atoms with Crippen molar-refractivity contribution in [1.29, 1.82) is 5.26 Å². The molecule has 1 aromatic heterocycles. The second-order valence-corrected chi connectivity index (χ2v) is 3.58. The molecule has 0 amide bonds. The molecule has 1 heterocycles. The minimum Gasteiger partial charge on any atom is -0.467 e. The van der Waals surface area contributed by atoms with Crippen molar-refractivity contribution < 1.29 is 8.81 Å². The van der Waals surface area contributed by atoms with E-state index in [-0.39, 0.29) is 5.82 Å². The van der Waals surface area contributed by atoms with E-state index in [0.29, 0.717) is 12.3 Å². The minimum atomic E-state index is -0.491. The average molecular weight is 230 g/mol. The van der Waals surface area contributed by atoms with Gasteiger partial charge in [-0.3, -0.25) is 5.32 Å². The van der Waals surface area contributed by atoms with Crippen LogP contribution in [-0.2, 0) is 6.54 Å². The summed E-state index contributed by atoms with van der Waals surface area (Å²) in [6.45, 7) is 0.485. The van der Waals surface area contributed by atoms with E-state index in [1.165, 1.54) is 18.4 Å². The van der Waals surface area contributed by atoms with E-state index in [2.05, 4.69) is 11.4 Å². The number of nitriles is 1. The number of furan rings is 1. The lowest BCUT2D eigenvalue weighted by molar-refractivity contribution is 0.457. The van der Waals surface area contributed by atoms with Crippen molar-refractivity contribution in [2.75, 3.05) is 0 Å².